The van der Waals surface area contributed by atoms with Crippen molar-refractivity contribution >= 4 is 35.0 Å². The molecule has 1 heterocycles. The summed E-state index contributed by atoms with van der Waals surface area (Å²) in [5.74, 6) is 0.0282. The molecule has 0 bridgehead atoms. The number of thioether (sulfide) groups is 1. The van der Waals surface area contributed by atoms with Gasteiger partial charge in [0, 0.05) is 35.1 Å². The third-order valence-corrected chi connectivity index (χ3v) is 5.73. The van der Waals surface area contributed by atoms with Crippen molar-refractivity contribution < 1.29 is 9.90 Å². The van der Waals surface area contributed by atoms with Gasteiger partial charge < -0.3 is 10.4 Å². The summed E-state index contributed by atoms with van der Waals surface area (Å²) < 4.78 is 1.68. The van der Waals surface area contributed by atoms with E-state index >= 15 is 0 Å². The summed E-state index contributed by atoms with van der Waals surface area (Å²) in [6.45, 7) is 0.523. The number of nitrogens with zero attached hydrogens (tertiary/aromatic N) is 2. The number of nitrogens with one attached hydrogen (secondary N) is 1. The zero-order valence-corrected chi connectivity index (χ0v) is 16.5. The van der Waals surface area contributed by atoms with Crippen LogP contribution in [0.5, 0.6) is 0 Å². The topological polar surface area (TPSA) is 84.2 Å². The van der Waals surface area contributed by atoms with E-state index in [1.807, 2.05) is 0 Å². The maximum atomic E-state index is 12.4. The lowest BCUT2D eigenvalue weighted by Crippen LogP contribution is -2.30. The second-order valence-electron chi connectivity index (χ2n) is 6.40. The van der Waals surface area contributed by atoms with Crippen molar-refractivity contribution in [1.82, 2.24) is 9.55 Å². The number of anilines is 1. The summed E-state index contributed by atoms with van der Waals surface area (Å²) in [7, 11) is 0. The molecule has 0 spiro atoms. The minimum Gasteiger partial charge on any atom is -0.396 e. The maximum absolute atomic E-state index is 12.4. The van der Waals surface area contributed by atoms with E-state index in [4.69, 9.17) is 16.7 Å². The van der Waals surface area contributed by atoms with Crippen LogP contribution >= 0.6 is 23.4 Å². The van der Waals surface area contributed by atoms with Gasteiger partial charge in [0.05, 0.1) is 5.75 Å². The van der Waals surface area contributed by atoms with Gasteiger partial charge in [-0.05, 0) is 56.4 Å². The molecule has 1 aliphatic rings. The molecule has 2 aromatic rings. The van der Waals surface area contributed by atoms with Crippen molar-refractivity contribution in [3.63, 3.8) is 0 Å². The van der Waals surface area contributed by atoms with E-state index in [1.165, 1.54) is 11.8 Å². The third kappa shape index (κ3) is 5.12. The number of aromatic nitrogens is 2. The molecular weight excluding hydrogens is 386 g/mol. The molecule has 0 radical (unpaired) electrons. The Kier molecular flexibility index (Phi) is 6.93. The molecule has 6 nitrogen and oxygen atoms in total. The Morgan fingerprint density at radius 1 is 1.26 bits per heavy atom. The van der Waals surface area contributed by atoms with Crippen molar-refractivity contribution in [3.05, 3.63) is 51.0 Å². The van der Waals surface area contributed by atoms with Crippen LogP contribution in [-0.4, -0.2) is 32.9 Å². The number of amides is 1. The Morgan fingerprint density at radius 3 is 2.74 bits per heavy atom. The summed E-state index contributed by atoms with van der Waals surface area (Å²) in [4.78, 5) is 28.9. The standard InChI is InChI=1S/C19H22ClN3O3S/c20-13-6-8-14(9-7-13)21-17(25)12-27-18-15-4-1-2-5-16(15)23(10-3-11-24)19(26)22-18/h6-9,24H,1-5,10-12H2,(H,21,25). The SMILES string of the molecule is O=C(CSc1nc(=O)n(CCCO)c2c1CCCC2)Nc1ccc(Cl)cc1. The lowest BCUT2D eigenvalue weighted by molar-refractivity contribution is -0.113. The van der Waals surface area contributed by atoms with Crippen LogP contribution in [-0.2, 0) is 24.2 Å². The molecule has 0 atom stereocenters. The van der Waals surface area contributed by atoms with E-state index in [0.717, 1.165) is 36.9 Å². The Bertz CT molecular complexity index is 868. The Labute approximate surface area is 167 Å². The van der Waals surface area contributed by atoms with E-state index in [-0.39, 0.29) is 24.0 Å². The fourth-order valence-corrected chi connectivity index (χ4v) is 4.19. The number of halogens is 1. The molecular formula is C19H22ClN3O3S. The minimum atomic E-state index is -0.301. The smallest absolute Gasteiger partial charge is 0.348 e. The predicted molar refractivity (Wildman–Crippen MR) is 108 cm³/mol. The second-order valence-corrected chi connectivity index (χ2v) is 7.80. The van der Waals surface area contributed by atoms with Crippen molar-refractivity contribution in [2.45, 2.75) is 43.7 Å². The lowest BCUT2D eigenvalue weighted by atomic mass is 9.97. The van der Waals surface area contributed by atoms with Crippen LogP contribution in [0, 0.1) is 0 Å². The number of carbonyl (C=O) groups excluding carboxylic acids is 1. The fraction of sp³-hybridized carbons (Fsp3) is 0.421. The van der Waals surface area contributed by atoms with E-state index in [2.05, 4.69) is 10.3 Å². The van der Waals surface area contributed by atoms with Crippen LogP contribution in [0.2, 0.25) is 5.02 Å². The van der Waals surface area contributed by atoms with Crippen molar-refractivity contribution in [3.8, 4) is 0 Å². The zero-order valence-electron chi connectivity index (χ0n) is 14.9. The van der Waals surface area contributed by atoms with Gasteiger partial charge in [0.1, 0.15) is 5.03 Å². The van der Waals surface area contributed by atoms with Crippen molar-refractivity contribution in [2.24, 2.45) is 0 Å². The highest BCUT2D eigenvalue weighted by molar-refractivity contribution is 8.00. The Hall–Kier alpha value is -1.83. The molecule has 27 heavy (non-hydrogen) atoms. The monoisotopic (exact) mass is 407 g/mol. The van der Waals surface area contributed by atoms with Gasteiger partial charge in [-0.3, -0.25) is 9.36 Å². The van der Waals surface area contributed by atoms with Gasteiger partial charge in [0.15, 0.2) is 0 Å². The highest BCUT2D eigenvalue weighted by Crippen LogP contribution is 2.28. The lowest BCUT2D eigenvalue weighted by Gasteiger charge is -2.22. The van der Waals surface area contributed by atoms with Crippen LogP contribution in [0.1, 0.15) is 30.5 Å². The van der Waals surface area contributed by atoms with Gasteiger partial charge in [-0.1, -0.05) is 23.4 Å². The summed E-state index contributed by atoms with van der Waals surface area (Å²) in [6.07, 6.45) is 4.32. The number of carbonyl (C=O) groups is 1. The molecule has 0 unspecified atom stereocenters. The van der Waals surface area contributed by atoms with Crippen LogP contribution in [0.4, 0.5) is 5.69 Å². The predicted octanol–water partition coefficient (Wildman–Crippen LogP) is 2.89. The van der Waals surface area contributed by atoms with E-state index in [1.54, 1.807) is 28.8 Å². The van der Waals surface area contributed by atoms with Crippen LogP contribution in [0.3, 0.4) is 0 Å². The van der Waals surface area contributed by atoms with Gasteiger partial charge in [-0.25, -0.2) is 4.79 Å². The molecule has 0 aliphatic heterocycles. The number of benzene rings is 1. The maximum Gasteiger partial charge on any atom is 0.348 e. The quantitative estimate of drug-likeness (QED) is 0.544. The van der Waals surface area contributed by atoms with Gasteiger partial charge in [-0.2, -0.15) is 4.98 Å². The van der Waals surface area contributed by atoms with E-state index < -0.39 is 0 Å². The molecule has 1 aromatic carbocycles. The fourth-order valence-electron chi connectivity index (χ4n) is 3.19. The summed E-state index contributed by atoms with van der Waals surface area (Å²) in [6, 6.07) is 6.92. The first kappa shape index (κ1) is 19.9. The van der Waals surface area contributed by atoms with E-state index in [9.17, 15) is 9.59 Å². The number of hydrogen-bond donors (Lipinski definition) is 2. The second kappa shape index (κ2) is 9.39. The van der Waals surface area contributed by atoms with E-state index in [0.29, 0.717) is 28.7 Å². The molecule has 1 amide bonds. The Balaban J connectivity index is 1.72. The number of aliphatic hydroxyl groups excluding tert-OH is 1. The highest BCUT2D eigenvalue weighted by Gasteiger charge is 2.21. The van der Waals surface area contributed by atoms with Crippen molar-refractivity contribution in [1.29, 1.82) is 0 Å². The van der Waals surface area contributed by atoms with Gasteiger partial charge in [0.2, 0.25) is 5.91 Å². The average Bonchev–Trinajstić information content (AvgIpc) is 2.67. The number of fused-ring (bicyclic) bond motifs is 1. The first-order valence-electron chi connectivity index (χ1n) is 9.00. The highest BCUT2D eigenvalue weighted by atomic mass is 35.5. The third-order valence-electron chi connectivity index (χ3n) is 4.46. The van der Waals surface area contributed by atoms with Gasteiger partial charge in [-0.15, -0.1) is 0 Å². The number of aliphatic hydroxyl groups is 1. The van der Waals surface area contributed by atoms with Crippen molar-refractivity contribution in [2.75, 3.05) is 17.7 Å². The van der Waals surface area contributed by atoms with Crippen LogP contribution in [0.25, 0.3) is 0 Å². The van der Waals surface area contributed by atoms with Gasteiger partial charge >= 0.3 is 5.69 Å². The number of hydrogen-bond acceptors (Lipinski definition) is 5. The molecule has 8 heteroatoms. The van der Waals surface area contributed by atoms with Gasteiger partial charge in [0.25, 0.3) is 0 Å². The summed E-state index contributed by atoms with van der Waals surface area (Å²) in [5, 5.41) is 13.1. The minimum absolute atomic E-state index is 0.0442. The van der Waals surface area contributed by atoms with Crippen LogP contribution < -0.4 is 11.0 Å². The summed E-state index contributed by atoms with van der Waals surface area (Å²) in [5.41, 5.74) is 2.46. The molecule has 1 aliphatic carbocycles. The average molecular weight is 408 g/mol. The first-order valence-corrected chi connectivity index (χ1v) is 10.4. The summed E-state index contributed by atoms with van der Waals surface area (Å²) >= 11 is 7.15. The first-order chi connectivity index (χ1) is 13.1. The molecule has 2 N–H and O–H groups in total. The van der Waals surface area contributed by atoms with Crippen LogP contribution in [0.15, 0.2) is 34.1 Å². The molecule has 3 rings (SSSR count). The number of rotatable bonds is 7. The Morgan fingerprint density at radius 2 is 2.00 bits per heavy atom. The normalized spacial score (nSPS) is 13.3. The molecule has 144 valence electrons. The zero-order chi connectivity index (χ0) is 19.2. The molecule has 0 saturated heterocycles. The molecule has 0 fully saturated rings. The largest absolute Gasteiger partial charge is 0.396 e. The molecule has 1 aromatic heterocycles. The molecule has 0 saturated carbocycles.